The summed E-state index contributed by atoms with van der Waals surface area (Å²) in [6, 6.07) is 8.67. The summed E-state index contributed by atoms with van der Waals surface area (Å²) in [5.74, 6) is -9.41. The molecule has 0 aliphatic carbocycles. The molecule has 0 saturated carbocycles. The van der Waals surface area contributed by atoms with Crippen molar-refractivity contribution in [1.29, 1.82) is 0 Å². The highest BCUT2D eigenvalue weighted by atomic mass is 16.8. The molecule has 394 valence electrons. The van der Waals surface area contributed by atoms with Gasteiger partial charge < -0.3 is 75.8 Å². The van der Waals surface area contributed by atoms with Crippen LogP contribution in [-0.2, 0) is 130 Å². The van der Waals surface area contributed by atoms with E-state index in [0.717, 1.165) is 69.2 Å². The van der Waals surface area contributed by atoms with E-state index in [1.54, 1.807) is 30.3 Å². The summed E-state index contributed by atoms with van der Waals surface area (Å²) < 4.78 is 93.0. The van der Waals surface area contributed by atoms with Crippen LogP contribution in [0.3, 0.4) is 0 Å². The molecule has 3 heterocycles. The Morgan fingerprint density at radius 2 is 0.648 bits per heavy atom. The number of ether oxygens (including phenoxy) is 16. The Labute approximate surface area is 406 Å². The molecule has 0 N–H and O–H groups in total. The van der Waals surface area contributed by atoms with Crippen molar-refractivity contribution < 1.29 is 124 Å². The predicted molar refractivity (Wildman–Crippen MR) is 226 cm³/mol. The number of benzene rings is 1. The molecule has 0 bridgehead atoms. The van der Waals surface area contributed by atoms with Gasteiger partial charge in [0.15, 0.2) is 61.6 Å². The van der Waals surface area contributed by atoms with Crippen molar-refractivity contribution >= 4 is 59.7 Å². The molecule has 3 aliphatic heterocycles. The van der Waals surface area contributed by atoms with E-state index < -0.39 is 172 Å². The monoisotopic (exact) mass is 1010 g/mol. The van der Waals surface area contributed by atoms with Crippen LogP contribution in [0.2, 0.25) is 0 Å². The Morgan fingerprint density at radius 1 is 0.352 bits per heavy atom. The molecule has 3 saturated heterocycles. The molecule has 15 atom stereocenters. The van der Waals surface area contributed by atoms with E-state index in [1.807, 2.05) is 0 Å². The zero-order valence-corrected chi connectivity index (χ0v) is 40.5. The smallest absolute Gasteiger partial charge is 0.303 e. The molecule has 71 heavy (non-hydrogen) atoms. The van der Waals surface area contributed by atoms with Crippen molar-refractivity contribution in [3.8, 4) is 0 Å². The number of carbonyl (C=O) groups is 10. The third-order valence-corrected chi connectivity index (χ3v) is 10.1. The Hall–Kier alpha value is -6.32. The summed E-state index contributed by atoms with van der Waals surface area (Å²) in [6.45, 7) is 7.86. The molecule has 26 heteroatoms. The maximum absolute atomic E-state index is 13.2. The van der Waals surface area contributed by atoms with Gasteiger partial charge in [0.1, 0.15) is 50.3 Å². The van der Waals surface area contributed by atoms with Gasteiger partial charge in [-0.3, -0.25) is 47.9 Å². The second-order valence-corrected chi connectivity index (χ2v) is 16.1. The van der Waals surface area contributed by atoms with Gasteiger partial charge in [0.05, 0.1) is 6.61 Å². The molecule has 4 rings (SSSR count). The zero-order chi connectivity index (χ0) is 52.7. The second-order valence-electron chi connectivity index (χ2n) is 16.1. The van der Waals surface area contributed by atoms with E-state index in [4.69, 9.17) is 75.8 Å². The van der Waals surface area contributed by atoms with Crippen LogP contribution in [-0.4, -0.2) is 172 Å². The normalized spacial score (nSPS) is 30.2. The van der Waals surface area contributed by atoms with Crippen LogP contribution in [0.5, 0.6) is 0 Å². The Bertz CT molecular complexity index is 2060. The van der Waals surface area contributed by atoms with Crippen molar-refractivity contribution in [1.82, 2.24) is 0 Å². The van der Waals surface area contributed by atoms with E-state index in [-0.39, 0.29) is 6.61 Å². The molecule has 3 fully saturated rings. The molecule has 3 aliphatic rings. The summed E-state index contributed by atoms with van der Waals surface area (Å²) in [6.07, 6.45) is -26.6. The Balaban J connectivity index is 1.94. The molecular formula is C45H58O26. The standard InChI is InChI=1S/C45H58O26/c1-20(46)56-17-31-34(60-23(4)49)37(62-25(6)51)41(65-28(9)54)45(69-31)71-39-35(61-24(5)50)32(18-57-21(2)47)68-44(42(39)66-29(10)55)70-36-33(19-58-22(3)48)67-43(59-16-30-14-12-11-13-15-30)40(64-27(8)53)38(36)63-26(7)52/h11-15,31-45H,16-19H2,1-10H3. The van der Waals surface area contributed by atoms with Crippen LogP contribution in [0.25, 0.3) is 0 Å². The van der Waals surface area contributed by atoms with Crippen LogP contribution in [0.1, 0.15) is 74.8 Å². The molecule has 0 radical (unpaired) electrons. The van der Waals surface area contributed by atoms with E-state index in [9.17, 15) is 47.9 Å². The maximum Gasteiger partial charge on any atom is 0.303 e. The minimum atomic E-state index is -2.05. The lowest BCUT2D eigenvalue weighted by atomic mass is 9.95. The average molecular weight is 1010 g/mol. The van der Waals surface area contributed by atoms with E-state index in [0.29, 0.717) is 5.56 Å². The SMILES string of the molecule is CC(=O)OCC1OC(OC2C(OC(C)=O)C(COC(C)=O)OC(OC3C(COC(C)=O)OC(OCc4ccccc4)C(OC(C)=O)C3OC(C)=O)C2OC(C)=O)C(OC(C)=O)C(OC(C)=O)C1OC(C)=O. The summed E-state index contributed by atoms with van der Waals surface area (Å²) >= 11 is 0. The quantitative estimate of drug-likeness (QED) is 0.126. The highest BCUT2D eigenvalue weighted by Crippen LogP contribution is 2.38. The van der Waals surface area contributed by atoms with Crippen LogP contribution < -0.4 is 0 Å². The zero-order valence-electron chi connectivity index (χ0n) is 40.5. The minimum absolute atomic E-state index is 0.143. The predicted octanol–water partition coefficient (Wildman–Crippen LogP) is 0.360. The van der Waals surface area contributed by atoms with Crippen LogP contribution >= 0.6 is 0 Å². The Kier molecular flexibility index (Phi) is 21.6. The lowest BCUT2D eigenvalue weighted by molar-refractivity contribution is -0.381. The third kappa shape index (κ3) is 17.5. The fourth-order valence-corrected chi connectivity index (χ4v) is 7.64. The molecule has 1 aromatic carbocycles. The first-order valence-electron chi connectivity index (χ1n) is 22.0. The van der Waals surface area contributed by atoms with Gasteiger partial charge in [0.25, 0.3) is 0 Å². The molecule has 0 spiro atoms. The largest absolute Gasteiger partial charge is 0.463 e. The first-order valence-corrected chi connectivity index (χ1v) is 22.0. The fraction of sp³-hybridized carbons (Fsp3) is 0.644. The fourth-order valence-electron chi connectivity index (χ4n) is 7.64. The van der Waals surface area contributed by atoms with Crippen molar-refractivity contribution in [2.75, 3.05) is 19.8 Å². The van der Waals surface area contributed by atoms with Crippen LogP contribution in [0, 0.1) is 0 Å². The highest BCUT2D eigenvalue weighted by Gasteiger charge is 2.60. The van der Waals surface area contributed by atoms with Crippen molar-refractivity contribution in [3.05, 3.63) is 35.9 Å². The number of rotatable bonds is 20. The Morgan fingerprint density at radius 3 is 1.04 bits per heavy atom. The molecule has 15 unspecified atom stereocenters. The second kappa shape index (κ2) is 26.8. The van der Waals surface area contributed by atoms with Gasteiger partial charge in [-0.2, -0.15) is 0 Å². The lowest BCUT2D eigenvalue weighted by Crippen LogP contribution is -2.69. The lowest BCUT2D eigenvalue weighted by Gasteiger charge is -2.50. The van der Waals surface area contributed by atoms with Gasteiger partial charge in [0.2, 0.25) is 0 Å². The number of esters is 10. The van der Waals surface area contributed by atoms with Crippen LogP contribution in [0.4, 0.5) is 0 Å². The maximum atomic E-state index is 13.2. The molecular weight excluding hydrogens is 956 g/mol. The molecule has 0 amide bonds. The average Bonchev–Trinajstić information content (AvgIpc) is 3.25. The number of carbonyl (C=O) groups excluding carboxylic acids is 10. The first-order chi connectivity index (χ1) is 33.4. The third-order valence-electron chi connectivity index (χ3n) is 10.1. The molecule has 1 aromatic rings. The van der Waals surface area contributed by atoms with Crippen LogP contribution in [0.15, 0.2) is 30.3 Å². The number of hydrogen-bond acceptors (Lipinski definition) is 26. The van der Waals surface area contributed by atoms with Gasteiger partial charge in [-0.15, -0.1) is 0 Å². The van der Waals surface area contributed by atoms with E-state index in [1.165, 1.54) is 0 Å². The van der Waals surface area contributed by atoms with Gasteiger partial charge in [-0.25, -0.2) is 0 Å². The number of hydrogen-bond donors (Lipinski definition) is 0. The van der Waals surface area contributed by atoms with Gasteiger partial charge in [0, 0.05) is 69.2 Å². The minimum Gasteiger partial charge on any atom is -0.463 e. The topological polar surface area (TPSA) is 318 Å². The van der Waals surface area contributed by atoms with Gasteiger partial charge in [-0.1, -0.05) is 30.3 Å². The highest BCUT2D eigenvalue weighted by molar-refractivity contribution is 5.70. The summed E-state index contributed by atoms with van der Waals surface area (Å²) in [5, 5.41) is 0. The van der Waals surface area contributed by atoms with Crippen molar-refractivity contribution in [3.63, 3.8) is 0 Å². The summed E-state index contributed by atoms with van der Waals surface area (Å²) in [7, 11) is 0. The first kappa shape index (κ1) is 57.3. The molecule has 26 nitrogen and oxygen atoms in total. The summed E-state index contributed by atoms with van der Waals surface area (Å²) in [5.41, 5.74) is 0.639. The van der Waals surface area contributed by atoms with E-state index in [2.05, 4.69) is 0 Å². The molecule has 0 aromatic heterocycles. The van der Waals surface area contributed by atoms with Gasteiger partial charge in [-0.05, 0) is 5.56 Å². The summed E-state index contributed by atoms with van der Waals surface area (Å²) in [4.78, 5) is 126. The van der Waals surface area contributed by atoms with Gasteiger partial charge >= 0.3 is 59.7 Å². The van der Waals surface area contributed by atoms with E-state index >= 15 is 0 Å². The van der Waals surface area contributed by atoms with Crippen molar-refractivity contribution in [2.45, 2.75) is 168 Å². The van der Waals surface area contributed by atoms with Crippen molar-refractivity contribution in [2.24, 2.45) is 0 Å².